The first kappa shape index (κ1) is 55.3. The number of rotatable bonds is 11. The van der Waals surface area contributed by atoms with E-state index < -0.39 is 39.9 Å². The van der Waals surface area contributed by atoms with E-state index in [0.29, 0.717) is 18.9 Å². The molecule has 4 rings (SSSR count). The van der Waals surface area contributed by atoms with Crippen LogP contribution in [-0.4, -0.2) is 72.1 Å². The number of nitrogens with zero attached hydrogens (tertiary/aromatic N) is 1. The molecule has 0 aliphatic carbocycles. The van der Waals surface area contributed by atoms with Gasteiger partial charge in [-0.1, -0.05) is 7.43 Å². The van der Waals surface area contributed by atoms with Gasteiger partial charge in [0.25, 0.3) is 0 Å². The van der Waals surface area contributed by atoms with Crippen molar-refractivity contribution < 1.29 is 56.9 Å². The number of aryl methyl sites for hydroxylation is 1. The first-order valence-corrected chi connectivity index (χ1v) is 21.7. The van der Waals surface area contributed by atoms with Gasteiger partial charge in [0, 0.05) is 0 Å². The van der Waals surface area contributed by atoms with Gasteiger partial charge in [0.2, 0.25) is 0 Å². The maximum atomic E-state index is 11.2. The predicted octanol–water partition coefficient (Wildman–Crippen LogP) is 7.64. The van der Waals surface area contributed by atoms with Crippen LogP contribution in [-0.2, 0) is 38.2 Å². The number of amides is 1. The minimum atomic E-state index is -3.43. The molecular weight excluding hydrogens is 861 g/mol. The number of carbonyl (C=O) groups excluding carboxylic acids is 7. The van der Waals surface area contributed by atoms with Crippen LogP contribution in [0.5, 0.6) is 5.95 Å². The maximum Gasteiger partial charge on any atom is 0.373 e. The number of halogens is 4. The number of oxazole rings is 1. The van der Waals surface area contributed by atoms with Crippen LogP contribution in [0.1, 0.15) is 58.4 Å². The average Bonchev–Trinajstić information content (AvgIpc) is 3.56. The quantitative estimate of drug-likeness (QED) is 0.0508. The van der Waals surface area contributed by atoms with Gasteiger partial charge < -0.3 is 28.7 Å². The second kappa shape index (κ2) is 29.4. The Morgan fingerprint density at radius 2 is 1.10 bits per heavy atom. The van der Waals surface area contributed by atoms with Gasteiger partial charge in [0.1, 0.15) is 11.7 Å². The van der Waals surface area contributed by atoms with Crippen LogP contribution in [0.15, 0.2) is 95.4 Å². The van der Waals surface area contributed by atoms with Crippen molar-refractivity contribution in [1.29, 1.82) is 0 Å². The van der Waals surface area contributed by atoms with Crippen molar-refractivity contribution in [2.75, 3.05) is 26.4 Å². The summed E-state index contributed by atoms with van der Waals surface area (Å²) < 4.78 is 23.1. The van der Waals surface area contributed by atoms with Gasteiger partial charge in [-0.25, -0.2) is 19.4 Å². The first-order valence-electron chi connectivity index (χ1n) is 16.9. The van der Waals surface area contributed by atoms with Crippen LogP contribution in [0, 0.1) is 6.92 Å². The molecule has 0 aliphatic heterocycles. The molecule has 0 aliphatic rings. The van der Waals surface area contributed by atoms with E-state index in [1.165, 1.54) is 6.92 Å². The molecule has 0 radical (unpaired) electrons. The first-order chi connectivity index (χ1) is 27.0. The van der Waals surface area contributed by atoms with Crippen molar-refractivity contribution in [3.8, 4) is 5.95 Å². The van der Waals surface area contributed by atoms with Crippen LogP contribution < -0.4 is 26.0 Å². The Balaban J connectivity index is 0. The number of ether oxygens (including phenoxy) is 4. The molecule has 1 unspecified atom stereocenters. The summed E-state index contributed by atoms with van der Waals surface area (Å²) in [4.78, 5) is 73.3. The monoisotopic (exact) mass is 906 g/mol. The number of nitrogens with one attached hydrogen (secondary N) is 1. The van der Waals surface area contributed by atoms with Gasteiger partial charge in [-0.2, -0.15) is 9.59 Å². The molecule has 4 aromatic rings. The van der Waals surface area contributed by atoms with E-state index in [1.54, 1.807) is 27.7 Å². The van der Waals surface area contributed by atoms with Gasteiger partial charge in [0.05, 0.1) is 26.4 Å². The summed E-state index contributed by atoms with van der Waals surface area (Å²) in [7, 11) is 0. The summed E-state index contributed by atoms with van der Waals surface area (Å²) in [6.45, 7) is 11.0. The van der Waals surface area contributed by atoms with Crippen LogP contribution >= 0.6 is 51.0 Å². The molecule has 0 bridgehead atoms. The summed E-state index contributed by atoms with van der Waals surface area (Å²) in [5, 5.41) is 1.62. The molecular formula is C39H47Cl4N2O12P. The maximum absolute atomic E-state index is 11.2. The average molecular weight is 909 g/mol. The van der Waals surface area contributed by atoms with E-state index in [2.05, 4.69) is 43.0 Å². The zero-order chi connectivity index (χ0) is 43.5. The number of benzene rings is 3. The van der Waals surface area contributed by atoms with Gasteiger partial charge in [-0.05, 0) is 64.7 Å². The Labute approximate surface area is 357 Å². The third-order valence-electron chi connectivity index (χ3n) is 6.56. The van der Waals surface area contributed by atoms with Crippen LogP contribution in [0.25, 0.3) is 0 Å². The molecule has 14 nitrogen and oxygen atoms in total. The Morgan fingerprint density at radius 1 is 0.724 bits per heavy atom. The molecule has 0 saturated carbocycles. The SMILES string of the molecule is C.CCOC(=O)C(=O)NC(C)C(=O)OCC.CCOC(=O)c1nc(C)c(OCC)o1.ClP(Cl)(c1ccccc1)(c1ccccc1)c1ccccc1.O=C(Cl)Cl.O=C=O. The Hall–Kier alpha value is -4.81. The van der Waals surface area contributed by atoms with Gasteiger partial charge in [0.15, 0.2) is 0 Å². The van der Waals surface area contributed by atoms with Gasteiger partial charge in [-0.15, -0.1) is 0 Å². The molecule has 1 N–H and O–H groups in total. The zero-order valence-corrected chi connectivity index (χ0v) is 35.8. The van der Waals surface area contributed by atoms with Crippen molar-refractivity contribution >= 4 is 102 Å². The van der Waals surface area contributed by atoms with Crippen LogP contribution in [0.3, 0.4) is 0 Å². The third kappa shape index (κ3) is 18.6. The minimum Gasteiger partial charge on any atom is -0.262 e. The largest absolute Gasteiger partial charge is 0.373 e. The molecule has 19 heteroatoms. The standard InChI is InChI=1S/C18H15Cl2P.C9H15NO5.C9H13NO4.CCl2O.CO2.CH4/c19-21(20,16-10-4-1-5-11-16,17-12-6-2-7-13-17)18-14-8-3-9-15-18;1-4-14-8(12)6(3)10-7(11)9(13)15-5-2;1-4-12-8(11)7-10-6(3)9(14-7)13-5-2;2-1(3)4;2-1-3;/h1-15H;6H,4-5H2,1-3H3,(H,10,11);4-5H2,1-3H3;;;1H4. The third-order valence-corrected chi connectivity index (χ3v) is 13.7. The minimum absolute atomic E-state index is 0. The topological polar surface area (TPSA) is 194 Å². The van der Waals surface area contributed by atoms with E-state index in [1.807, 2.05) is 97.9 Å². The number of esters is 3. The van der Waals surface area contributed by atoms with Gasteiger partial charge in [-0.3, -0.25) is 9.59 Å². The number of aromatic nitrogens is 1. The van der Waals surface area contributed by atoms with E-state index >= 15 is 0 Å². The zero-order valence-electron chi connectivity index (χ0n) is 31.9. The molecule has 1 heterocycles. The Bertz CT molecular complexity index is 1770. The smallest absolute Gasteiger partial charge is 0.262 e. The predicted molar refractivity (Wildman–Crippen MR) is 225 cm³/mol. The summed E-state index contributed by atoms with van der Waals surface area (Å²) >= 11 is 23.3. The molecule has 0 spiro atoms. The summed E-state index contributed by atoms with van der Waals surface area (Å²) in [6.07, 6.45) is 0.250. The fraction of sp³-hybridized carbons (Fsp3) is 0.308. The van der Waals surface area contributed by atoms with Gasteiger partial charge >= 0.3 is 181 Å². The van der Waals surface area contributed by atoms with Crippen LogP contribution in [0.2, 0.25) is 0 Å². The molecule has 3 aromatic carbocycles. The number of hydrogen-bond donors (Lipinski definition) is 1. The number of carbonyl (C=O) groups is 5. The summed E-state index contributed by atoms with van der Waals surface area (Å²) in [6, 6.07) is 29.0. The van der Waals surface area contributed by atoms with E-state index in [-0.39, 0.29) is 38.6 Å². The van der Waals surface area contributed by atoms with Crippen molar-refractivity contribution in [3.05, 3.63) is 103 Å². The van der Waals surface area contributed by atoms with Crippen molar-refractivity contribution in [2.45, 2.75) is 55.0 Å². The molecule has 0 saturated heterocycles. The second-order valence-electron chi connectivity index (χ2n) is 10.4. The number of hydrogen-bond acceptors (Lipinski definition) is 13. The van der Waals surface area contributed by atoms with Crippen molar-refractivity contribution in [3.63, 3.8) is 0 Å². The molecule has 1 aromatic heterocycles. The molecule has 58 heavy (non-hydrogen) atoms. The van der Waals surface area contributed by atoms with Crippen molar-refractivity contribution in [2.24, 2.45) is 0 Å². The van der Waals surface area contributed by atoms with Crippen molar-refractivity contribution in [1.82, 2.24) is 10.3 Å². The normalized spacial score (nSPS) is 10.8. The fourth-order valence-electron chi connectivity index (χ4n) is 4.22. The van der Waals surface area contributed by atoms with E-state index in [4.69, 9.17) is 50.8 Å². The molecule has 318 valence electrons. The van der Waals surface area contributed by atoms with E-state index in [0.717, 1.165) is 15.9 Å². The fourth-order valence-corrected chi connectivity index (χ4v) is 9.23. The molecule has 0 fully saturated rings. The Kier molecular flexibility index (Phi) is 28.0. The van der Waals surface area contributed by atoms with Crippen LogP contribution in [0.4, 0.5) is 4.79 Å². The molecule has 1 amide bonds. The Morgan fingerprint density at radius 3 is 1.45 bits per heavy atom. The summed E-state index contributed by atoms with van der Waals surface area (Å²) in [5.41, 5.74) is 0.551. The second-order valence-corrected chi connectivity index (χ2v) is 19.3. The summed E-state index contributed by atoms with van der Waals surface area (Å²) in [5.74, 6) is -2.90. The molecule has 1 atom stereocenters. The van der Waals surface area contributed by atoms with E-state index in [9.17, 15) is 19.2 Å².